The summed E-state index contributed by atoms with van der Waals surface area (Å²) in [5.74, 6) is 0.539. The highest BCUT2D eigenvalue weighted by atomic mass is 32.2. The van der Waals surface area contributed by atoms with Gasteiger partial charge in [-0.15, -0.1) is 0 Å². The molecule has 1 atom stereocenters. The van der Waals surface area contributed by atoms with Crippen LogP contribution in [0.15, 0.2) is 76.7 Å². The van der Waals surface area contributed by atoms with Gasteiger partial charge in [0.1, 0.15) is 5.75 Å². The molecule has 2 heterocycles. The van der Waals surface area contributed by atoms with Gasteiger partial charge in [0.2, 0.25) is 0 Å². The normalized spacial score (nSPS) is 11.9. The van der Waals surface area contributed by atoms with E-state index in [4.69, 9.17) is 4.74 Å². The Hall–Kier alpha value is -3.52. The fraction of sp³-hybridized carbons (Fsp3) is 0.0952. The standard InChI is InChI=1S/C21H18N4O3S/c1-25(15-4-3-5-17(12-15)29(2)27)14-6-8-16(9-7-14)28-21-23-19-13-22-11-10-18(19)20(26)24-21/h3-13H,1-2H3,(H,23,24,26). The van der Waals surface area contributed by atoms with Gasteiger partial charge in [-0.2, -0.15) is 4.98 Å². The molecule has 8 heteroatoms. The second kappa shape index (κ2) is 7.84. The van der Waals surface area contributed by atoms with Gasteiger partial charge in [-0.1, -0.05) is 6.07 Å². The van der Waals surface area contributed by atoms with Crippen molar-refractivity contribution in [3.05, 3.63) is 77.3 Å². The second-order valence-electron chi connectivity index (χ2n) is 6.37. The number of anilines is 2. The summed E-state index contributed by atoms with van der Waals surface area (Å²) in [5, 5.41) is 0.458. The van der Waals surface area contributed by atoms with Gasteiger partial charge in [-0.25, -0.2) is 0 Å². The number of rotatable bonds is 5. The lowest BCUT2D eigenvalue weighted by Crippen LogP contribution is -2.10. The zero-order valence-corrected chi connectivity index (χ0v) is 16.6. The summed E-state index contributed by atoms with van der Waals surface area (Å²) in [6.07, 6.45) is 4.72. The molecule has 0 aliphatic carbocycles. The number of hydrogen-bond donors (Lipinski definition) is 1. The van der Waals surface area contributed by atoms with Crippen molar-refractivity contribution in [1.82, 2.24) is 15.0 Å². The number of ether oxygens (including phenoxy) is 1. The van der Waals surface area contributed by atoms with E-state index in [0.717, 1.165) is 16.3 Å². The Morgan fingerprint density at radius 1 is 1.07 bits per heavy atom. The third kappa shape index (κ3) is 4.02. The fourth-order valence-electron chi connectivity index (χ4n) is 2.89. The van der Waals surface area contributed by atoms with Crippen molar-refractivity contribution >= 4 is 33.1 Å². The number of hydrogen-bond acceptors (Lipinski definition) is 6. The van der Waals surface area contributed by atoms with Gasteiger partial charge in [-0.05, 0) is 48.5 Å². The summed E-state index contributed by atoms with van der Waals surface area (Å²) in [5.41, 5.74) is 2.05. The SMILES string of the molecule is CN(c1ccc(Oc2nc3cnccc3c(=O)[nH]2)cc1)c1cccc(S(C)=O)c1. The van der Waals surface area contributed by atoms with E-state index in [0.29, 0.717) is 16.7 Å². The average Bonchev–Trinajstić information content (AvgIpc) is 2.74. The topological polar surface area (TPSA) is 88.2 Å². The number of pyridine rings is 1. The van der Waals surface area contributed by atoms with E-state index < -0.39 is 10.8 Å². The summed E-state index contributed by atoms with van der Waals surface area (Å²) in [4.78, 5) is 25.8. The number of aromatic nitrogens is 3. The van der Waals surface area contributed by atoms with Crippen molar-refractivity contribution in [2.24, 2.45) is 0 Å². The third-order valence-corrected chi connectivity index (χ3v) is 5.38. The van der Waals surface area contributed by atoms with E-state index in [9.17, 15) is 9.00 Å². The van der Waals surface area contributed by atoms with Crippen molar-refractivity contribution in [2.75, 3.05) is 18.2 Å². The Kier molecular flexibility index (Phi) is 5.09. The Bertz CT molecular complexity index is 1250. The van der Waals surface area contributed by atoms with Gasteiger partial charge in [0.05, 0.1) is 17.1 Å². The number of fused-ring (bicyclic) bond motifs is 1. The molecule has 2 aromatic heterocycles. The Balaban J connectivity index is 1.56. The third-order valence-electron chi connectivity index (χ3n) is 4.46. The van der Waals surface area contributed by atoms with E-state index in [1.54, 1.807) is 30.7 Å². The minimum atomic E-state index is -1.04. The van der Waals surface area contributed by atoms with Crippen molar-refractivity contribution in [3.63, 3.8) is 0 Å². The first-order chi connectivity index (χ1) is 14.0. The molecule has 0 fully saturated rings. The zero-order chi connectivity index (χ0) is 20.4. The molecule has 0 bridgehead atoms. The van der Waals surface area contributed by atoms with Crippen LogP contribution in [0.3, 0.4) is 0 Å². The van der Waals surface area contributed by atoms with Crippen LogP contribution in [0.1, 0.15) is 0 Å². The summed E-state index contributed by atoms with van der Waals surface area (Å²) >= 11 is 0. The van der Waals surface area contributed by atoms with E-state index in [2.05, 4.69) is 15.0 Å². The first-order valence-corrected chi connectivity index (χ1v) is 10.4. The highest BCUT2D eigenvalue weighted by molar-refractivity contribution is 7.84. The molecule has 0 radical (unpaired) electrons. The highest BCUT2D eigenvalue weighted by Crippen LogP contribution is 2.28. The van der Waals surface area contributed by atoms with Gasteiger partial charge < -0.3 is 9.64 Å². The Morgan fingerprint density at radius 2 is 1.86 bits per heavy atom. The molecule has 0 aliphatic heterocycles. The summed E-state index contributed by atoms with van der Waals surface area (Å²) in [7, 11) is 0.896. The number of aromatic amines is 1. The second-order valence-corrected chi connectivity index (χ2v) is 7.75. The summed E-state index contributed by atoms with van der Waals surface area (Å²) in [6, 6.07) is 16.7. The van der Waals surface area contributed by atoms with Crippen LogP contribution in [0, 0.1) is 0 Å². The summed E-state index contributed by atoms with van der Waals surface area (Å²) < 4.78 is 17.4. The predicted molar refractivity (Wildman–Crippen MR) is 114 cm³/mol. The zero-order valence-electron chi connectivity index (χ0n) is 15.8. The van der Waals surface area contributed by atoms with Gasteiger partial charge in [0.25, 0.3) is 5.56 Å². The monoisotopic (exact) mass is 406 g/mol. The smallest absolute Gasteiger partial charge is 0.302 e. The molecular formula is C21H18N4O3S. The molecule has 2 aromatic carbocycles. The molecule has 0 amide bonds. The van der Waals surface area contributed by atoms with Crippen molar-refractivity contribution < 1.29 is 8.95 Å². The average molecular weight is 406 g/mol. The lowest BCUT2D eigenvalue weighted by atomic mass is 10.2. The maximum Gasteiger partial charge on any atom is 0.302 e. The van der Waals surface area contributed by atoms with Crippen LogP contribution in [0.25, 0.3) is 10.9 Å². The Labute approximate surface area is 169 Å². The first-order valence-electron chi connectivity index (χ1n) is 8.80. The van der Waals surface area contributed by atoms with Gasteiger partial charge in [0, 0.05) is 46.6 Å². The molecule has 1 N–H and O–H groups in total. The first kappa shape index (κ1) is 18.8. The maximum absolute atomic E-state index is 12.1. The van der Waals surface area contributed by atoms with E-state index in [1.165, 1.54) is 6.20 Å². The van der Waals surface area contributed by atoms with E-state index in [1.807, 2.05) is 48.3 Å². The van der Waals surface area contributed by atoms with Gasteiger partial charge >= 0.3 is 6.01 Å². The predicted octanol–water partition coefficient (Wildman–Crippen LogP) is 3.62. The van der Waals surface area contributed by atoms with Crippen LogP contribution in [0.2, 0.25) is 0 Å². The molecule has 0 saturated carbocycles. The minimum absolute atomic E-state index is 0.106. The van der Waals surface area contributed by atoms with Gasteiger partial charge in [-0.3, -0.25) is 19.0 Å². The largest absolute Gasteiger partial charge is 0.426 e. The molecule has 146 valence electrons. The quantitative estimate of drug-likeness (QED) is 0.545. The molecule has 4 aromatic rings. The minimum Gasteiger partial charge on any atom is -0.426 e. The maximum atomic E-state index is 12.1. The Morgan fingerprint density at radius 3 is 2.62 bits per heavy atom. The molecule has 29 heavy (non-hydrogen) atoms. The lowest BCUT2D eigenvalue weighted by molar-refractivity contribution is 0.443. The highest BCUT2D eigenvalue weighted by Gasteiger charge is 2.09. The molecule has 0 spiro atoms. The van der Waals surface area contributed by atoms with Crippen LogP contribution in [0.4, 0.5) is 11.4 Å². The molecular weight excluding hydrogens is 388 g/mol. The van der Waals surface area contributed by atoms with E-state index in [-0.39, 0.29) is 11.6 Å². The number of nitrogens with one attached hydrogen (secondary N) is 1. The van der Waals surface area contributed by atoms with Crippen LogP contribution >= 0.6 is 0 Å². The van der Waals surface area contributed by atoms with Crippen molar-refractivity contribution in [1.29, 1.82) is 0 Å². The molecule has 0 aliphatic rings. The number of benzene rings is 2. The molecule has 7 nitrogen and oxygen atoms in total. The summed E-state index contributed by atoms with van der Waals surface area (Å²) in [6.45, 7) is 0. The van der Waals surface area contributed by atoms with E-state index >= 15 is 0 Å². The fourth-order valence-corrected chi connectivity index (χ4v) is 3.44. The molecule has 4 rings (SSSR count). The van der Waals surface area contributed by atoms with Crippen molar-refractivity contribution in [2.45, 2.75) is 4.90 Å². The molecule has 0 saturated heterocycles. The van der Waals surface area contributed by atoms with Crippen LogP contribution in [-0.2, 0) is 10.8 Å². The number of H-pyrrole nitrogens is 1. The number of nitrogens with zero attached hydrogens (tertiary/aromatic N) is 3. The van der Waals surface area contributed by atoms with Crippen molar-refractivity contribution in [3.8, 4) is 11.8 Å². The van der Waals surface area contributed by atoms with Crippen LogP contribution < -0.4 is 15.2 Å². The lowest BCUT2D eigenvalue weighted by Gasteiger charge is -2.20. The molecule has 1 unspecified atom stereocenters. The van der Waals surface area contributed by atoms with Crippen LogP contribution in [-0.4, -0.2) is 32.5 Å². The van der Waals surface area contributed by atoms with Gasteiger partial charge in [0.15, 0.2) is 0 Å². The van der Waals surface area contributed by atoms with Crippen LogP contribution in [0.5, 0.6) is 11.8 Å².